The second-order valence-electron chi connectivity index (χ2n) is 8.37. The summed E-state index contributed by atoms with van der Waals surface area (Å²) in [6.07, 6.45) is 3.54. The molecule has 8 heteroatoms. The van der Waals surface area contributed by atoms with Crippen LogP contribution in [0.2, 0.25) is 0 Å². The Hall–Kier alpha value is -4.98. The highest BCUT2D eigenvalue weighted by Gasteiger charge is 2.09. The summed E-state index contributed by atoms with van der Waals surface area (Å²) in [5, 5.41) is 13.7. The summed E-state index contributed by atoms with van der Waals surface area (Å²) in [6.45, 7) is 3.97. The number of hydrogen-bond donors (Lipinski definition) is 3. The van der Waals surface area contributed by atoms with Gasteiger partial charge >= 0.3 is 0 Å². The lowest BCUT2D eigenvalue weighted by molar-refractivity contribution is 0.102. The van der Waals surface area contributed by atoms with E-state index in [0.29, 0.717) is 23.0 Å². The van der Waals surface area contributed by atoms with Crippen molar-refractivity contribution in [3.63, 3.8) is 0 Å². The molecule has 0 radical (unpaired) electrons. The Morgan fingerprint density at radius 1 is 0.778 bits per heavy atom. The van der Waals surface area contributed by atoms with Gasteiger partial charge in [-0.2, -0.15) is 10.1 Å². The van der Waals surface area contributed by atoms with Crippen LogP contribution in [-0.2, 0) is 0 Å². The molecule has 0 unspecified atom stereocenters. The summed E-state index contributed by atoms with van der Waals surface area (Å²) < 4.78 is 1.72. The largest absolute Gasteiger partial charge is 0.340 e. The van der Waals surface area contributed by atoms with Crippen molar-refractivity contribution in [2.24, 2.45) is 0 Å². The molecular formula is C28H25N7O. The van der Waals surface area contributed by atoms with Crippen molar-refractivity contribution in [2.45, 2.75) is 13.8 Å². The molecule has 0 fully saturated rings. The van der Waals surface area contributed by atoms with Crippen LogP contribution in [0.4, 0.5) is 28.8 Å². The van der Waals surface area contributed by atoms with Gasteiger partial charge in [0.2, 0.25) is 5.95 Å². The average molecular weight is 476 g/mol. The first kappa shape index (κ1) is 22.8. The van der Waals surface area contributed by atoms with Gasteiger partial charge in [0.25, 0.3) is 5.91 Å². The Labute approximate surface area is 209 Å². The molecular weight excluding hydrogens is 450 g/mol. The van der Waals surface area contributed by atoms with Crippen molar-refractivity contribution in [2.75, 3.05) is 16.0 Å². The predicted molar refractivity (Wildman–Crippen MR) is 142 cm³/mol. The molecule has 2 heterocycles. The van der Waals surface area contributed by atoms with Crippen molar-refractivity contribution in [1.82, 2.24) is 19.7 Å². The van der Waals surface area contributed by atoms with E-state index in [-0.39, 0.29) is 5.91 Å². The maximum atomic E-state index is 12.8. The molecule has 178 valence electrons. The zero-order chi connectivity index (χ0) is 24.9. The molecule has 5 aromatic rings. The number of anilines is 5. The van der Waals surface area contributed by atoms with Crippen molar-refractivity contribution in [1.29, 1.82) is 0 Å². The number of nitrogens with one attached hydrogen (secondary N) is 3. The summed E-state index contributed by atoms with van der Waals surface area (Å²) in [6, 6.07) is 26.6. The Morgan fingerprint density at radius 3 is 2.25 bits per heavy atom. The SMILES string of the molecule is Cc1ccc(Nc2nc(C)cc(Nc3ccc(NC(=O)c4cccc(-n5cccn5)c4)cc3)n2)cc1. The minimum absolute atomic E-state index is 0.192. The van der Waals surface area contributed by atoms with Crippen LogP contribution in [0.3, 0.4) is 0 Å². The second kappa shape index (κ2) is 10.1. The molecule has 2 aromatic heterocycles. The van der Waals surface area contributed by atoms with Crippen LogP contribution in [0.25, 0.3) is 5.69 Å². The van der Waals surface area contributed by atoms with Gasteiger partial charge in [-0.15, -0.1) is 0 Å². The molecule has 3 aromatic carbocycles. The third kappa shape index (κ3) is 5.56. The van der Waals surface area contributed by atoms with E-state index in [2.05, 4.69) is 31.0 Å². The highest BCUT2D eigenvalue weighted by molar-refractivity contribution is 6.04. The number of benzene rings is 3. The van der Waals surface area contributed by atoms with Crippen molar-refractivity contribution < 1.29 is 4.79 Å². The maximum absolute atomic E-state index is 12.8. The van der Waals surface area contributed by atoms with Crippen LogP contribution in [0, 0.1) is 13.8 Å². The Balaban J connectivity index is 1.25. The zero-order valence-electron chi connectivity index (χ0n) is 19.9. The molecule has 0 saturated heterocycles. The summed E-state index contributed by atoms with van der Waals surface area (Å²) in [5.41, 5.74) is 5.86. The van der Waals surface area contributed by atoms with E-state index in [1.54, 1.807) is 23.0 Å². The Morgan fingerprint density at radius 2 is 1.50 bits per heavy atom. The van der Waals surface area contributed by atoms with E-state index >= 15 is 0 Å². The van der Waals surface area contributed by atoms with Crippen LogP contribution in [0.5, 0.6) is 0 Å². The Bertz CT molecular complexity index is 1480. The molecule has 0 aliphatic carbocycles. The molecule has 1 amide bonds. The van der Waals surface area contributed by atoms with E-state index in [4.69, 9.17) is 0 Å². The van der Waals surface area contributed by atoms with Gasteiger partial charge in [0.15, 0.2) is 0 Å². The van der Waals surface area contributed by atoms with Gasteiger partial charge < -0.3 is 16.0 Å². The molecule has 8 nitrogen and oxygen atoms in total. The number of rotatable bonds is 7. The number of aryl methyl sites for hydroxylation is 2. The topological polar surface area (TPSA) is 96.8 Å². The number of nitrogens with zero attached hydrogens (tertiary/aromatic N) is 4. The molecule has 5 rings (SSSR count). The zero-order valence-corrected chi connectivity index (χ0v) is 19.9. The van der Waals surface area contributed by atoms with Gasteiger partial charge in [-0.1, -0.05) is 23.8 Å². The van der Waals surface area contributed by atoms with Gasteiger partial charge in [-0.25, -0.2) is 9.67 Å². The van der Waals surface area contributed by atoms with Crippen LogP contribution in [0.1, 0.15) is 21.6 Å². The van der Waals surface area contributed by atoms with Gasteiger partial charge in [0.05, 0.1) is 5.69 Å². The normalized spacial score (nSPS) is 10.6. The molecule has 0 aliphatic rings. The lowest BCUT2D eigenvalue weighted by Crippen LogP contribution is -2.12. The number of aromatic nitrogens is 4. The highest BCUT2D eigenvalue weighted by atomic mass is 16.1. The van der Waals surface area contributed by atoms with Crippen LogP contribution < -0.4 is 16.0 Å². The number of hydrogen-bond acceptors (Lipinski definition) is 6. The standard InChI is InChI=1S/C28H25N7O/c1-19-7-9-24(10-8-19)33-28-30-20(2)17-26(34-28)31-22-11-13-23(14-12-22)32-27(36)21-5-3-6-25(18-21)35-16-4-15-29-35/h3-18H,1-2H3,(H,32,36)(H2,30,31,33,34). The Kier molecular flexibility index (Phi) is 6.40. The van der Waals surface area contributed by atoms with Gasteiger partial charge in [-0.05, 0) is 74.5 Å². The second-order valence-corrected chi connectivity index (χ2v) is 8.37. The first-order valence-electron chi connectivity index (χ1n) is 11.5. The summed E-state index contributed by atoms with van der Waals surface area (Å²) in [4.78, 5) is 21.8. The first-order valence-corrected chi connectivity index (χ1v) is 11.5. The van der Waals surface area contributed by atoms with Crippen LogP contribution in [0.15, 0.2) is 97.3 Å². The van der Waals surface area contributed by atoms with Gasteiger partial charge in [0.1, 0.15) is 5.82 Å². The van der Waals surface area contributed by atoms with E-state index in [1.807, 2.05) is 92.8 Å². The average Bonchev–Trinajstić information content (AvgIpc) is 3.42. The summed E-state index contributed by atoms with van der Waals surface area (Å²) in [7, 11) is 0. The molecule has 0 saturated carbocycles. The smallest absolute Gasteiger partial charge is 0.255 e. The van der Waals surface area contributed by atoms with E-state index in [0.717, 1.165) is 22.8 Å². The number of carbonyl (C=O) groups is 1. The minimum atomic E-state index is -0.192. The molecule has 0 aliphatic heterocycles. The first-order chi connectivity index (χ1) is 17.5. The summed E-state index contributed by atoms with van der Waals surface area (Å²) >= 11 is 0. The van der Waals surface area contributed by atoms with Gasteiger partial charge in [0, 0.05) is 46.8 Å². The van der Waals surface area contributed by atoms with Gasteiger partial charge in [-0.3, -0.25) is 4.79 Å². The fourth-order valence-electron chi connectivity index (χ4n) is 3.65. The lowest BCUT2D eigenvalue weighted by atomic mass is 10.2. The third-order valence-electron chi connectivity index (χ3n) is 5.45. The summed E-state index contributed by atoms with van der Waals surface area (Å²) in [5.74, 6) is 0.995. The van der Waals surface area contributed by atoms with E-state index in [1.165, 1.54) is 5.56 Å². The number of carbonyl (C=O) groups excluding carboxylic acids is 1. The highest BCUT2D eigenvalue weighted by Crippen LogP contribution is 2.21. The van der Waals surface area contributed by atoms with Crippen LogP contribution >= 0.6 is 0 Å². The fraction of sp³-hybridized carbons (Fsp3) is 0.0714. The van der Waals surface area contributed by atoms with Crippen molar-refractivity contribution >= 4 is 34.7 Å². The van der Waals surface area contributed by atoms with E-state index in [9.17, 15) is 4.79 Å². The fourth-order valence-corrected chi connectivity index (χ4v) is 3.65. The van der Waals surface area contributed by atoms with Crippen LogP contribution in [-0.4, -0.2) is 25.7 Å². The lowest BCUT2D eigenvalue weighted by Gasteiger charge is -2.11. The van der Waals surface area contributed by atoms with Crippen molar-refractivity contribution in [3.05, 3.63) is 114 Å². The monoisotopic (exact) mass is 475 g/mol. The molecule has 0 bridgehead atoms. The third-order valence-corrected chi connectivity index (χ3v) is 5.45. The molecule has 0 spiro atoms. The molecule has 36 heavy (non-hydrogen) atoms. The van der Waals surface area contributed by atoms with E-state index < -0.39 is 0 Å². The minimum Gasteiger partial charge on any atom is -0.340 e. The van der Waals surface area contributed by atoms with Crippen molar-refractivity contribution in [3.8, 4) is 5.69 Å². The molecule has 0 atom stereocenters. The number of amides is 1. The maximum Gasteiger partial charge on any atom is 0.255 e. The molecule has 3 N–H and O–H groups in total. The quantitative estimate of drug-likeness (QED) is 0.266. The predicted octanol–water partition coefficient (Wildman–Crippen LogP) is 6.02.